The van der Waals surface area contributed by atoms with Crippen molar-refractivity contribution in [2.75, 3.05) is 52.9 Å². The maximum atomic E-state index is 11.3. The van der Waals surface area contributed by atoms with Crippen LogP contribution in [0.5, 0.6) is 0 Å². The zero-order chi connectivity index (χ0) is 17.2. The number of carbonyl (C=O) groups excluding carboxylic acids is 2. The van der Waals surface area contributed by atoms with E-state index in [0.29, 0.717) is 39.6 Å². The summed E-state index contributed by atoms with van der Waals surface area (Å²) in [4.78, 5) is 22.6. The number of esters is 2. The van der Waals surface area contributed by atoms with E-state index in [1.54, 1.807) is 0 Å². The van der Waals surface area contributed by atoms with E-state index in [1.165, 1.54) is 0 Å². The molecule has 0 aromatic carbocycles. The van der Waals surface area contributed by atoms with E-state index in [0.717, 1.165) is 25.7 Å². The molecule has 0 saturated carbocycles. The first-order valence-corrected chi connectivity index (χ1v) is 8.25. The van der Waals surface area contributed by atoms with Gasteiger partial charge in [0.05, 0.1) is 26.4 Å². The minimum absolute atomic E-state index is 0.275. The van der Waals surface area contributed by atoms with Crippen molar-refractivity contribution in [1.82, 2.24) is 0 Å². The molecular formula is C16H30O7. The van der Waals surface area contributed by atoms with Crippen molar-refractivity contribution in [1.29, 1.82) is 0 Å². The lowest BCUT2D eigenvalue weighted by molar-refractivity contribution is -0.166. The Bertz CT molecular complexity index is 266. The summed E-state index contributed by atoms with van der Waals surface area (Å²) in [5, 5.41) is 0. The van der Waals surface area contributed by atoms with Crippen LogP contribution in [0.4, 0.5) is 0 Å². The first-order chi connectivity index (χ1) is 11.2. The van der Waals surface area contributed by atoms with Crippen molar-refractivity contribution in [2.24, 2.45) is 0 Å². The van der Waals surface area contributed by atoms with E-state index in [4.69, 9.17) is 18.9 Å². The van der Waals surface area contributed by atoms with Crippen molar-refractivity contribution in [2.45, 2.75) is 39.5 Å². The predicted molar refractivity (Wildman–Crippen MR) is 84.2 cm³/mol. The molecule has 0 fully saturated rings. The van der Waals surface area contributed by atoms with E-state index < -0.39 is 11.9 Å². The van der Waals surface area contributed by atoms with Gasteiger partial charge in [-0.1, -0.05) is 26.7 Å². The summed E-state index contributed by atoms with van der Waals surface area (Å²) in [6.07, 6.45) is 4.14. The zero-order valence-corrected chi connectivity index (χ0v) is 14.3. The number of ether oxygens (including phenoxy) is 5. The van der Waals surface area contributed by atoms with Crippen LogP contribution in [0.1, 0.15) is 39.5 Å². The summed E-state index contributed by atoms with van der Waals surface area (Å²) in [7, 11) is 0. The third kappa shape index (κ3) is 17.2. The molecular weight excluding hydrogens is 304 g/mol. The molecule has 0 unspecified atom stereocenters. The van der Waals surface area contributed by atoms with Crippen LogP contribution in [0.2, 0.25) is 0 Å². The van der Waals surface area contributed by atoms with E-state index in [2.05, 4.69) is 18.6 Å². The van der Waals surface area contributed by atoms with Gasteiger partial charge in [0.15, 0.2) is 0 Å². The van der Waals surface area contributed by atoms with Crippen LogP contribution in [-0.4, -0.2) is 64.8 Å². The van der Waals surface area contributed by atoms with Gasteiger partial charge in [-0.25, -0.2) is 9.59 Å². The third-order valence-electron chi connectivity index (χ3n) is 2.70. The van der Waals surface area contributed by atoms with Gasteiger partial charge in [0.25, 0.3) is 0 Å². The number of carbonyl (C=O) groups is 2. The van der Waals surface area contributed by atoms with Crippen molar-refractivity contribution >= 4 is 11.9 Å². The van der Waals surface area contributed by atoms with Crippen LogP contribution in [-0.2, 0) is 33.3 Å². The largest absolute Gasteiger partial charge is 0.390 e. The average molecular weight is 334 g/mol. The van der Waals surface area contributed by atoms with Crippen LogP contribution in [0.15, 0.2) is 0 Å². The Kier molecular flexibility index (Phi) is 16.6. The standard InChI is InChI=1S/C16H30O7/c1-3-5-7-19-9-11-21-13-15(17)23-16(18)14-22-12-10-20-8-6-4-2/h3-14H2,1-2H3. The van der Waals surface area contributed by atoms with E-state index >= 15 is 0 Å². The molecule has 0 aliphatic heterocycles. The number of rotatable bonds is 16. The molecule has 0 bridgehead atoms. The number of unbranched alkanes of at least 4 members (excludes halogenated alkanes) is 2. The van der Waals surface area contributed by atoms with E-state index in [9.17, 15) is 9.59 Å². The van der Waals surface area contributed by atoms with Gasteiger partial charge < -0.3 is 23.7 Å². The summed E-state index contributed by atoms with van der Waals surface area (Å²) < 4.78 is 25.1. The van der Waals surface area contributed by atoms with Gasteiger partial charge in [0.1, 0.15) is 13.2 Å². The Morgan fingerprint density at radius 2 is 1.00 bits per heavy atom. The van der Waals surface area contributed by atoms with E-state index in [-0.39, 0.29) is 13.2 Å². The highest BCUT2D eigenvalue weighted by molar-refractivity contribution is 5.86. The monoisotopic (exact) mass is 334 g/mol. The molecule has 23 heavy (non-hydrogen) atoms. The summed E-state index contributed by atoms with van der Waals surface area (Å²) >= 11 is 0. The molecule has 7 heteroatoms. The van der Waals surface area contributed by atoms with Gasteiger partial charge in [0, 0.05) is 13.2 Å². The fraction of sp³-hybridized carbons (Fsp3) is 0.875. The molecule has 0 aromatic rings. The molecule has 0 saturated heterocycles. The van der Waals surface area contributed by atoms with Gasteiger partial charge >= 0.3 is 11.9 Å². The fourth-order valence-electron chi connectivity index (χ4n) is 1.43. The van der Waals surface area contributed by atoms with E-state index in [1.807, 2.05) is 0 Å². The van der Waals surface area contributed by atoms with Crippen LogP contribution in [0.3, 0.4) is 0 Å². The molecule has 0 heterocycles. The summed E-state index contributed by atoms with van der Waals surface area (Å²) in [6, 6.07) is 0. The van der Waals surface area contributed by atoms with Crippen molar-refractivity contribution in [3.05, 3.63) is 0 Å². The lowest BCUT2D eigenvalue weighted by Crippen LogP contribution is -2.22. The number of hydrogen-bond donors (Lipinski definition) is 0. The maximum Gasteiger partial charge on any atom is 0.339 e. The smallest absolute Gasteiger partial charge is 0.339 e. The minimum Gasteiger partial charge on any atom is -0.390 e. The Hall–Kier alpha value is -1.02. The average Bonchev–Trinajstić information content (AvgIpc) is 2.53. The third-order valence-corrected chi connectivity index (χ3v) is 2.70. The summed E-state index contributed by atoms with van der Waals surface area (Å²) in [6.45, 7) is 6.39. The predicted octanol–water partition coefficient (Wildman–Crippen LogP) is 1.72. The van der Waals surface area contributed by atoms with Crippen LogP contribution < -0.4 is 0 Å². The van der Waals surface area contributed by atoms with Gasteiger partial charge in [-0.05, 0) is 12.8 Å². The highest BCUT2D eigenvalue weighted by Gasteiger charge is 2.10. The maximum absolute atomic E-state index is 11.3. The SMILES string of the molecule is CCCCOCCOCC(=O)OC(=O)COCCOCCCC. The zero-order valence-electron chi connectivity index (χ0n) is 14.3. The molecule has 0 rings (SSSR count). The lowest BCUT2D eigenvalue weighted by atomic mass is 10.4. The number of hydrogen-bond acceptors (Lipinski definition) is 7. The molecule has 0 aromatic heterocycles. The van der Waals surface area contributed by atoms with Gasteiger partial charge in [-0.2, -0.15) is 0 Å². The van der Waals surface area contributed by atoms with Crippen molar-refractivity contribution in [3.63, 3.8) is 0 Å². The second-order valence-electron chi connectivity index (χ2n) is 4.88. The Balaban J connectivity index is 3.36. The van der Waals surface area contributed by atoms with Crippen molar-refractivity contribution < 1.29 is 33.3 Å². The second-order valence-corrected chi connectivity index (χ2v) is 4.88. The van der Waals surface area contributed by atoms with Crippen LogP contribution in [0.25, 0.3) is 0 Å². The molecule has 0 amide bonds. The van der Waals surface area contributed by atoms with Crippen LogP contribution in [0, 0.1) is 0 Å². The van der Waals surface area contributed by atoms with Gasteiger partial charge in [-0.15, -0.1) is 0 Å². The molecule has 0 aliphatic carbocycles. The Labute approximate surface area is 138 Å². The molecule has 0 aliphatic rings. The highest BCUT2D eigenvalue weighted by Crippen LogP contribution is 1.90. The van der Waals surface area contributed by atoms with Crippen molar-refractivity contribution in [3.8, 4) is 0 Å². The lowest BCUT2D eigenvalue weighted by Gasteiger charge is -2.06. The topological polar surface area (TPSA) is 80.3 Å². The Morgan fingerprint density at radius 3 is 1.39 bits per heavy atom. The van der Waals surface area contributed by atoms with Crippen LogP contribution >= 0.6 is 0 Å². The molecule has 7 nitrogen and oxygen atoms in total. The first kappa shape index (κ1) is 22.0. The quantitative estimate of drug-likeness (QED) is 0.241. The molecule has 136 valence electrons. The summed E-state index contributed by atoms with van der Waals surface area (Å²) in [5.41, 5.74) is 0. The first-order valence-electron chi connectivity index (χ1n) is 8.25. The fourth-order valence-corrected chi connectivity index (χ4v) is 1.43. The molecule has 0 spiro atoms. The highest BCUT2D eigenvalue weighted by atomic mass is 16.6. The Morgan fingerprint density at radius 1 is 0.609 bits per heavy atom. The molecule has 0 atom stereocenters. The minimum atomic E-state index is -0.730. The van der Waals surface area contributed by atoms with Gasteiger partial charge in [0.2, 0.25) is 0 Å². The molecule has 0 N–H and O–H groups in total. The normalized spacial score (nSPS) is 10.7. The second kappa shape index (κ2) is 17.3. The van der Waals surface area contributed by atoms with Gasteiger partial charge in [-0.3, -0.25) is 0 Å². The summed E-state index contributed by atoms with van der Waals surface area (Å²) in [5.74, 6) is -1.46. The molecule has 0 radical (unpaired) electrons.